The van der Waals surface area contributed by atoms with Crippen molar-refractivity contribution in [3.05, 3.63) is 96.1 Å². The van der Waals surface area contributed by atoms with Crippen molar-refractivity contribution in [1.29, 1.82) is 0 Å². The van der Waals surface area contributed by atoms with Gasteiger partial charge in [-0.3, -0.25) is 4.79 Å². The highest BCUT2D eigenvalue weighted by atomic mass is 32.2. The van der Waals surface area contributed by atoms with Crippen LogP contribution >= 0.6 is 0 Å². The quantitative estimate of drug-likeness (QED) is 0.412. The molecule has 0 fully saturated rings. The fraction of sp³-hybridized carbons (Fsp3) is 0.130. The topological polar surface area (TPSA) is 88.1 Å². The first-order valence-electron chi connectivity index (χ1n) is 9.56. The zero-order chi connectivity index (χ0) is 22.1. The van der Waals surface area contributed by atoms with Gasteiger partial charge in [-0.1, -0.05) is 60.7 Å². The molecule has 31 heavy (non-hydrogen) atoms. The summed E-state index contributed by atoms with van der Waals surface area (Å²) in [5.41, 5.74) is 4.07. The summed E-state index contributed by atoms with van der Waals surface area (Å²) in [4.78, 5) is 12.3. The molecule has 1 N–H and O–H groups in total. The summed E-state index contributed by atoms with van der Waals surface area (Å²) in [6, 6.07) is 25.0. The molecule has 0 aliphatic rings. The summed E-state index contributed by atoms with van der Waals surface area (Å²) in [6.07, 6.45) is 1.46. The molecule has 8 heteroatoms. The molecule has 0 aliphatic carbocycles. The lowest BCUT2D eigenvalue weighted by Gasteiger charge is -2.15. The smallest absolute Gasteiger partial charge is 0.255 e. The van der Waals surface area contributed by atoms with Crippen molar-refractivity contribution in [2.45, 2.75) is 11.5 Å². The Kier molecular flexibility index (Phi) is 7.53. The van der Waals surface area contributed by atoms with Gasteiger partial charge in [0.25, 0.3) is 5.91 Å². The maximum Gasteiger partial charge on any atom is 0.255 e. The molecular formula is C23H23N3O4S. The van der Waals surface area contributed by atoms with Crippen LogP contribution in [0.25, 0.3) is 0 Å². The molecular weight excluding hydrogens is 414 g/mol. The predicted molar refractivity (Wildman–Crippen MR) is 119 cm³/mol. The van der Waals surface area contributed by atoms with Crippen LogP contribution in [0.15, 0.2) is 94.9 Å². The molecule has 0 saturated carbocycles. The molecule has 0 heterocycles. The fourth-order valence-electron chi connectivity index (χ4n) is 2.72. The Labute approximate surface area is 182 Å². The largest absolute Gasteiger partial charge is 0.488 e. The van der Waals surface area contributed by atoms with Gasteiger partial charge in [0.15, 0.2) is 0 Å². The molecule has 0 atom stereocenters. The van der Waals surface area contributed by atoms with Gasteiger partial charge < -0.3 is 4.74 Å². The van der Waals surface area contributed by atoms with E-state index in [1.54, 1.807) is 18.2 Å². The maximum atomic E-state index is 12.5. The van der Waals surface area contributed by atoms with E-state index in [-0.39, 0.29) is 11.4 Å². The second kappa shape index (κ2) is 10.5. The number of hydrogen-bond acceptors (Lipinski definition) is 5. The molecule has 0 aliphatic heterocycles. The second-order valence-corrected chi connectivity index (χ2v) is 8.72. The van der Waals surface area contributed by atoms with Crippen molar-refractivity contribution in [3.63, 3.8) is 0 Å². The van der Waals surface area contributed by atoms with Crippen molar-refractivity contribution in [2.75, 3.05) is 13.6 Å². The average molecular weight is 438 g/mol. The maximum absolute atomic E-state index is 12.5. The van der Waals surface area contributed by atoms with E-state index in [1.165, 1.54) is 25.4 Å². The monoisotopic (exact) mass is 437 g/mol. The van der Waals surface area contributed by atoms with Gasteiger partial charge in [0.1, 0.15) is 12.4 Å². The standard InChI is InChI=1S/C23H23N3O4S/c1-26(31(28,29)21-13-6-3-7-14-21)17-23(27)25-24-16-20-12-8-9-15-22(20)30-18-19-10-4-2-5-11-19/h2-16H,17-18H2,1H3,(H,25,27)/b24-16-. The van der Waals surface area contributed by atoms with Gasteiger partial charge in [0, 0.05) is 12.6 Å². The van der Waals surface area contributed by atoms with E-state index < -0.39 is 15.9 Å². The molecule has 3 rings (SSSR count). The van der Waals surface area contributed by atoms with Crippen LogP contribution in [0.5, 0.6) is 5.75 Å². The van der Waals surface area contributed by atoms with Crippen molar-refractivity contribution in [2.24, 2.45) is 5.10 Å². The Morgan fingerprint density at radius 2 is 1.58 bits per heavy atom. The minimum absolute atomic E-state index is 0.123. The van der Waals surface area contributed by atoms with Crippen LogP contribution in [0, 0.1) is 0 Å². The highest BCUT2D eigenvalue weighted by Crippen LogP contribution is 2.17. The number of nitrogens with zero attached hydrogens (tertiary/aromatic N) is 2. The van der Waals surface area contributed by atoms with Crippen LogP contribution < -0.4 is 10.2 Å². The van der Waals surface area contributed by atoms with E-state index in [2.05, 4.69) is 10.5 Å². The molecule has 0 spiro atoms. The van der Waals surface area contributed by atoms with E-state index >= 15 is 0 Å². The van der Waals surface area contributed by atoms with E-state index in [0.717, 1.165) is 9.87 Å². The molecule has 0 radical (unpaired) electrons. The van der Waals surface area contributed by atoms with E-state index in [0.29, 0.717) is 17.9 Å². The lowest BCUT2D eigenvalue weighted by molar-refractivity contribution is -0.121. The average Bonchev–Trinajstić information content (AvgIpc) is 2.79. The van der Waals surface area contributed by atoms with Gasteiger partial charge >= 0.3 is 0 Å². The highest BCUT2D eigenvalue weighted by Gasteiger charge is 2.22. The van der Waals surface area contributed by atoms with Crippen molar-refractivity contribution in [1.82, 2.24) is 9.73 Å². The molecule has 0 unspecified atom stereocenters. The van der Waals surface area contributed by atoms with Crippen molar-refractivity contribution in [3.8, 4) is 5.75 Å². The molecule has 7 nitrogen and oxygen atoms in total. The van der Waals surface area contributed by atoms with E-state index in [9.17, 15) is 13.2 Å². The Morgan fingerprint density at radius 3 is 2.29 bits per heavy atom. The zero-order valence-corrected chi connectivity index (χ0v) is 17.8. The highest BCUT2D eigenvalue weighted by molar-refractivity contribution is 7.89. The zero-order valence-electron chi connectivity index (χ0n) is 17.0. The van der Waals surface area contributed by atoms with Crippen LogP contribution in [0.2, 0.25) is 0 Å². The van der Waals surface area contributed by atoms with Crippen LogP contribution in [0.4, 0.5) is 0 Å². The lowest BCUT2D eigenvalue weighted by atomic mass is 10.2. The van der Waals surface area contributed by atoms with Gasteiger partial charge in [-0.15, -0.1) is 0 Å². The number of carbonyl (C=O) groups is 1. The third kappa shape index (κ3) is 6.24. The summed E-state index contributed by atoms with van der Waals surface area (Å²) in [6.45, 7) is 0.0426. The number of nitrogens with one attached hydrogen (secondary N) is 1. The predicted octanol–water partition coefficient (Wildman–Crippen LogP) is 3.04. The summed E-state index contributed by atoms with van der Waals surface area (Å²) in [7, 11) is -2.41. The summed E-state index contributed by atoms with van der Waals surface area (Å²) >= 11 is 0. The van der Waals surface area contributed by atoms with E-state index in [1.807, 2.05) is 54.6 Å². The first-order valence-corrected chi connectivity index (χ1v) is 11.0. The number of sulfonamides is 1. The number of para-hydroxylation sites is 1. The fourth-order valence-corrected chi connectivity index (χ4v) is 3.87. The first kappa shape index (κ1) is 22.2. The molecule has 160 valence electrons. The van der Waals surface area contributed by atoms with Crippen molar-refractivity contribution < 1.29 is 17.9 Å². The molecule has 3 aromatic carbocycles. The lowest BCUT2D eigenvalue weighted by Crippen LogP contribution is -2.36. The Morgan fingerprint density at radius 1 is 0.968 bits per heavy atom. The van der Waals surface area contributed by atoms with Crippen LogP contribution in [0.3, 0.4) is 0 Å². The Balaban J connectivity index is 1.57. The number of hydrogen-bond donors (Lipinski definition) is 1. The molecule has 1 amide bonds. The van der Waals surface area contributed by atoms with Gasteiger partial charge in [0.05, 0.1) is 17.7 Å². The number of rotatable bonds is 9. The number of benzene rings is 3. The summed E-state index contributed by atoms with van der Waals surface area (Å²) in [5, 5.41) is 3.94. The number of amides is 1. The molecule has 3 aromatic rings. The SMILES string of the molecule is CN(CC(=O)N/N=C\c1ccccc1OCc1ccccc1)S(=O)(=O)c1ccccc1. The van der Waals surface area contributed by atoms with Crippen molar-refractivity contribution >= 4 is 22.1 Å². The molecule has 0 aromatic heterocycles. The van der Waals surface area contributed by atoms with E-state index in [4.69, 9.17) is 4.74 Å². The van der Waals surface area contributed by atoms with Crippen LogP contribution in [-0.2, 0) is 21.4 Å². The van der Waals surface area contributed by atoms with Gasteiger partial charge in [0.2, 0.25) is 10.0 Å². The minimum Gasteiger partial charge on any atom is -0.488 e. The van der Waals surface area contributed by atoms with Crippen LogP contribution in [-0.4, -0.2) is 38.4 Å². The summed E-state index contributed by atoms with van der Waals surface area (Å²) in [5.74, 6) is 0.0640. The molecule has 0 bridgehead atoms. The second-order valence-electron chi connectivity index (χ2n) is 6.68. The van der Waals surface area contributed by atoms with Gasteiger partial charge in [-0.25, -0.2) is 13.8 Å². The van der Waals surface area contributed by atoms with Gasteiger partial charge in [-0.2, -0.15) is 9.41 Å². The number of carbonyl (C=O) groups excluding carboxylic acids is 1. The first-order chi connectivity index (χ1) is 15.0. The Hall–Kier alpha value is -3.49. The minimum atomic E-state index is -3.75. The van der Waals surface area contributed by atoms with Gasteiger partial charge in [-0.05, 0) is 29.8 Å². The normalized spacial score (nSPS) is 11.5. The number of hydrazone groups is 1. The summed E-state index contributed by atoms with van der Waals surface area (Å²) < 4.78 is 31.8. The van der Waals surface area contributed by atoms with Crippen LogP contribution in [0.1, 0.15) is 11.1 Å². The number of likely N-dealkylation sites (N-methyl/N-ethyl adjacent to an activating group) is 1. The number of ether oxygens (including phenoxy) is 1. The third-order valence-corrected chi connectivity index (χ3v) is 6.18. The Bertz CT molecular complexity index is 1130. The third-order valence-electron chi connectivity index (χ3n) is 4.37. The molecule has 0 saturated heterocycles.